The number of ketones is 1. The Bertz CT molecular complexity index is 702. The third-order valence-corrected chi connectivity index (χ3v) is 6.94. The quantitative estimate of drug-likeness (QED) is 0.309. The molecule has 0 aromatic carbocycles. The maximum atomic E-state index is 11.1. The first-order chi connectivity index (χ1) is 14.4. The number of rotatable bonds is 13. The largest absolute Gasteiger partial charge is 0.393 e. The van der Waals surface area contributed by atoms with Gasteiger partial charge in [-0.25, -0.2) is 0 Å². The zero-order chi connectivity index (χ0) is 21.9. The van der Waals surface area contributed by atoms with E-state index in [-0.39, 0.29) is 23.7 Å². The maximum absolute atomic E-state index is 11.1. The molecule has 1 aliphatic rings. The summed E-state index contributed by atoms with van der Waals surface area (Å²) in [7, 11) is 1.68. The summed E-state index contributed by atoms with van der Waals surface area (Å²) < 4.78 is 6.36. The summed E-state index contributed by atoms with van der Waals surface area (Å²) in [6.07, 6.45) is 11.5. The Labute approximate surface area is 188 Å². The van der Waals surface area contributed by atoms with E-state index >= 15 is 0 Å². The average Bonchev–Trinajstić information content (AvgIpc) is 3.26. The van der Waals surface area contributed by atoms with Gasteiger partial charge in [-0.05, 0) is 50.2 Å². The Balaban J connectivity index is 1.85. The first kappa shape index (κ1) is 25.2. The number of hydrogen-bond donors (Lipinski definition) is 3. The summed E-state index contributed by atoms with van der Waals surface area (Å²) in [6.45, 7) is -0.395. The van der Waals surface area contributed by atoms with Crippen LogP contribution >= 0.6 is 22.9 Å². The van der Waals surface area contributed by atoms with Crippen LogP contribution in [0.4, 0.5) is 0 Å². The molecule has 0 bridgehead atoms. The molecule has 1 unspecified atom stereocenters. The average molecular weight is 457 g/mol. The number of aliphatic hydroxyl groups is 3. The smallest absolute Gasteiger partial charge is 0.158 e. The van der Waals surface area contributed by atoms with Crippen molar-refractivity contribution >= 4 is 28.7 Å². The molecule has 3 N–H and O–H groups in total. The summed E-state index contributed by atoms with van der Waals surface area (Å²) in [4.78, 5) is 12.3. The molecule has 5 atom stereocenters. The molecule has 30 heavy (non-hydrogen) atoms. The van der Waals surface area contributed by atoms with Crippen molar-refractivity contribution in [3.63, 3.8) is 0 Å². The minimum absolute atomic E-state index is 0.0415. The molecule has 1 aromatic heterocycles. The highest BCUT2D eigenvalue weighted by Crippen LogP contribution is 2.36. The molecule has 1 aliphatic carbocycles. The van der Waals surface area contributed by atoms with E-state index in [0.29, 0.717) is 25.7 Å². The van der Waals surface area contributed by atoms with Gasteiger partial charge in [-0.1, -0.05) is 35.9 Å². The molecule has 5 nitrogen and oxygen atoms in total. The SMILES string of the molecule is COC(C=C[C@@H]1[C@@H](CC=CCCCC(=O)CO)[C@@H](O)C[C@H]1O)CCc1ccc(Cl)s1. The molecule has 0 saturated heterocycles. The summed E-state index contributed by atoms with van der Waals surface area (Å²) in [5.74, 6) is -0.299. The van der Waals surface area contributed by atoms with Crippen LogP contribution in [0.2, 0.25) is 4.34 Å². The van der Waals surface area contributed by atoms with Gasteiger partial charge in [0, 0.05) is 30.7 Å². The zero-order valence-electron chi connectivity index (χ0n) is 17.5. The van der Waals surface area contributed by atoms with Gasteiger partial charge >= 0.3 is 0 Å². The van der Waals surface area contributed by atoms with Gasteiger partial charge in [-0.3, -0.25) is 4.79 Å². The van der Waals surface area contributed by atoms with Crippen LogP contribution in [0.25, 0.3) is 0 Å². The van der Waals surface area contributed by atoms with E-state index in [0.717, 1.165) is 23.6 Å². The van der Waals surface area contributed by atoms with E-state index in [1.165, 1.54) is 4.88 Å². The van der Waals surface area contributed by atoms with Crippen molar-refractivity contribution in [1.29, 1.82) is 0 Å². The standard InChI is InChI=1S/C23H33ClO5S/c1-29-17(8-10-18-11-13-23(24)30-18)9-12-20-19(21(27)14-22(20)28)7-5-3-2-4-6-16(26)15-25/h3,5,9,11-13,17,19-22,25,27-28H,2,4,6-8,10,14-15H2,1H3/t17?,19-,20-,21+,22-/m1/s1. The van der Waals surface area contributed by atoms with Gasteiger partial charge < -0.3 is 20.1 Å². The van der Waals surface area contributed by atoms with E-state index in [1.807, 2.05) is 36.4 Å². The van der Waals surface area contributed by atoms with Crippen molar-refractivity contribution in [2.45, 2.75) is 63.3 Å². The summed E-state index contributed by atoms with van der Waals surface area (Å²) >= 11 is 7.56. The van der Waals surface area contributed by atoms with Crippen LogP contribution in [-0.2, 0) is 16.0 Å². The molecule has 7 heteroatoms. The summed E-state index contributed by atoms with van der Waals surface area (Å²) in [6, 6.07) is 3.93. The van der Waals surface area contributed by atoms with Gasteiger partial charge in [0.25, 0.3) is 0 Å². The lowest BCUT2D eigenvalue weighted by atomic mass is 9.89. The molecule has 1 fully saturated rings. The van der Waals surface area contributed by atoms with Crippen molar-refractivity contribution in [3.05, 3.63) is 45.7 Å². The van der Waals surface area contributed by atoms with E-state index < -0.39 is 18.8 Å². The highest BCUT2D eigenvalue weighted by atomic mass is 35.5. The Hall–Kier alpha value is -1.02. The number of unbranched alkanes of at least 4 members (excludes halogenated alkanes) is 1. The van der Waals surface area contributed by atoms with E-state index in [2.05, 4.69) is 0 Å². The fourth-order valence-electron chi connectivity index (χ4n) is 3.89. The number of thiophene rings is 1. The molecule has 1 aromatic rings. The zero-order valence-corrected chi connectivity index (χ0v) is 19.0. The van der Waals surface area contributed by atoms with Gasteiger partial charge in [0.05, 0.1) is 22.6 Å². The predicted octanol–water partition coefficient (Wildman–Crippen LogP) is 3.94. The normalized spacial score (nSPS) is 25.5. The molecule has 0 amide bonds. The van der Waals surface area contributed by atoms with Crippen molar-refractivity contribution in [1.82, 2.24) is 0 Å². The molecule has 1 heterocycles. The van der Waals surface area contributed by atoms with Crippen LogP contribution in [0, 0.1) is 11.8 Å². The van der Waals surface area contributed by atoms with E-state index in [9.17, 15) is 15.0 Å². The minimum atomic E-state index is -0.564. The van der Waals surface area contributed by atoms with Gasteiger partial charge in [-0.15, -0.1) is 11.3 Å². The molecule has 0 aliphatic heterocycles. The number of aryl methyl sites for hydroxylation is 1. The van der Waals surface area contributed by atoms with Crippen LogP contribution < -0.4 is 0 Å². The Morgan fingerprint density at radius 2 is 2.13 bits per heavy atom. The van der Waals surface area contributed by atoms with Crippen molar-refractivity contribution in [3.8, 4) is 0 Å². The van der Waals surface area contributed by atoms with Crippen LogP contribution in [-0.4, -0.2) is 53.1 Å². The second kappa shape index (κ2) is 13.4. The number of Topliss-reactive ketones (excluding diaryl/α,β-unsaturated/α-hetero) is 1. The lowest BCUT2D eigenvalue weighted by molar-refractivity contribution is -0.121. The van der Waals surface area contributed by atoms with Crippen molar-refractivity contribution in [2.24, 2.45) is 11.8 Å². The number of aliphatic hydroxyl groups excluding tert-OH is 3. The number of halogens is 1. The molecular weight excluding hydrogens is 424 g/mol. The van der Waals surface area contributed by atoms with Crippen LogP contribution in [0.15, 0.2) is 36.4 Å². The molecule has 168 valence electrons. The van der Waals surface area contributed by atoms with Crippen LogP contribution in [0.5, 0.6) is 0 Å². The first-order valence-electron chi connectivity index (χ1n) is 10.5. The molecule has 2 rings (SSSR count). The number of ether oxygens (including phenoxy) is 1. The molecular formula is C23H33ClO5S. The molecule has 1 saturated carbocycles. The number of carbonyl (C=O) groups excluding carboxylic acids is 1. The Morgan fingerprint density at radius 1 is 1.33 bits per heavy atom. The highest BCUT2D eigenvalue weighted by Gasteiger charge is 2.39. The maximum Gasteiger partial charge on any atom is 0.158 e. The number of hydrogen-bond acceptors (Lipinski definition) is 6. The topological polar surface area (TPSA) is 87.0 Å². The first-order valence-corrected chi connectivity index (χ1v) is 11.7. The molecule has 0 spiro atoms. The van der Waals surface area contributed by atoms with Gasteiger partial charge in [0.2, 0.25) is 0 Å². The Morgan fingerprint density at radius 3 is 2.80 bits per heavy atom. The predicted molar refractivity (Wildman–Crippen MR) is 121 cm³/mol. The van der Waals surface area contributed by atoms with E-state index in [1.54, 1.807) is 18.4 Å². The second-order valence-corrected chi connectivity index (χ2v) is 9.61. The number of carbonyl (C=O) groups is 1. The van der Waals surface area contributed by atoms with Gasteiger partial charge in [-0.2, -0.15) is 0 Å². The number of methoxy groups -OCH3 is 1. The lowest BCUT2D eigenvalue weighted by Gasteiger charge is -2.20. The highest BCUT2D eigenvalue weighted by molar-refractivity contribution is 7.16. The summed E-state index contributed by atoms with van der Waals surface area (Å²) in [5.41, 5.74) is 0. The van der Waals surface area contributed by atoms with Crippen molar-refractivity contribution in [2.75, 3.05) is 13.7 Å². The van der Waals surface area contributed by atoms with Gasteiger partial charge in [0.15, 0.2) is 5.78 Å². The lowest BCUT2D eigenvalue weighted by Crippen LogP contribution is -2.20. The minimum Gasteiger partial charge on any atom is -0.393 e. The fraction of sp³-hybridized carbons (Fsp3) is 0.609. The summed E-state index contributed by atoms with van der Waals surface area (Å²) in [5, 5.41) is 29.5. The van der Waals surface area contributed by atoms with Crippen LogP contribution in [0.1, 0.15) is 43.4 Å². The molecule has 0 radical (unpaired) electrons. The monoisotopic (exact) mass is 456 g/mol. The van der Waals surface area contributed by atoms with Crippen molar-refractivity contribution < 1.29 is 24.9 Å². The Kier molecular flexibility index (Phi) is 11.3. The van der Waals surface area contributed by atoms with E-state index in [4.69, 9.17) is 21.4 Å². The number of allylic oxidation sites excluding steroid dienone is 2. The third-order valence-electron chi connectivity index (χ3n) is 5.65. The van der Waals surface area contributed by atoms with Gasteiger partial charge in [0.1, 0.15) is 6.61 Å². The third kappa shape index (κ3) is 8.25. The fourth-order valence-corrected chi connectivity index (χ4v) is 4.99. The van der Waals surface area contributed by atoms with Crippen LogP contribution in [0.3, 0.4) is 0 Å². The second-order valence-electron chi connectivity index (χ2n) is 7.81.